The third-order valence-corrected chi connectivity index (χ3v) is 4.03. The van der Waals surface area contributed by atoms with Crippen molar-refractivity contribution in [3.8, 4) is 0 Å². The first-order chi connectivity index (χ1) is 10.4. The van der Waals surface area contributed by atoms with Crippen molar-refractivity contribution in [2.45, 2.75) is 86.2 Å². The van der Waals surface area contributed by atoms with E-state index in [1.54, 1.807) is 0 Å². The zero-order valence-electron chi connectivity index (χ0n) is 15.2. The highest BCUT2D eigenvalue weighted by atomic mass is 16.6. The van der Waals surface area contributed by atoms with Crippen molar-refractivity contribution in [1.82, 2.24) is 0 Å². The maximum Gasteiger partial charge on any atom is 0.323 e. The summed E-state index contributed by atoms with van der Waals surface area (Å²) in [4.78, 5) is 25.1. The predicted octanol–water partition coefficient (Wildman–Crippen LogP) is 4.50. The van der Waals surface area contributed by atoms with Crippen LogP contribution in [0.1, 0.15) is 80.1 Å². The summed E-state index contributed by atoms with van der Waals surface area (Å²) in [6, 6.07) is 0. The minimum atomic E-state index is -1.16. The lowest BCUT2D eigenvalue weighted by Gasteiger charge is -2.29. The molecule has 0 aliphatic carbocycles. The van der Waals surface area contributed by atoms with Crippen molar-refractivity contribution in [2.75, 3.05) is 6.61 Å². The van der Waals surface area contributed by atoms with Gasteiger partial charge in [0.1, 0.15) is 6.10 Å². The van der Waals surface area contributed by atoms with Gasteiger partial charge in [0.05, 0.1) is 6.61 Å². The second kappa shape index (κ2) is 10.6. The average molecular weight is 314 g/mol. The number of carbonyl (C=O) groups excluding carboxylic acids is 2. The van der Waals surface area contributed by atoms with E-state index in [2.05, 4.69) is 13.8 Å². The summed E-state index contributed by atoms with van der Waals surface area (Å²) in [7, 11) is 0. The largest absolute Gasteiger partial charge is 0.465 e. The fourth-order valence-corrected chi connectivity index (χ4v) is 2.46. The van der Waals surface area contributed by atoms with E-state index >= 15 is 0 Å². The molecule has 0 aromatic heterocycles. The molecule has 22 heavy (non-hydrogen) atoms. The van der Waals surface area contributed by atoms with Crippen molar-refractivity contribution in [1.29, 1.82) is 0 Å². The molecule has 0 heterocycles. The Labute approximate surface area is 135 Å². The lowest BCUT2D eigenvalue weighted by atomic mass is 9.82. The normalized spacial score (nSPS) is 11.8. The Morgan fingerprint density at radius 3 is 1.77 bits per heavy atom. The summed E-state index contributed by atoms with van der Waals surface area (Å²) in [5.74, 6) is -0.611. The minimum Gasteiger partial charge on any atom is -0.465 e. The van der Waals surface area contributed by atoms with Crippen LogP contribution in [-0.4, -0.2) is 24.6 Å². The highest BCUT2D eigenvalue weighted by Gasteiger charge is 2.46. The molecule has 0 fully saturated rings. The minimum absolute atomic E-state index is 0.0992. The monoisotopic (exact) mass is 314 g/mol. The molecule has 0 aromatic rings. The van der Waals surface area contributed by atoms with Crippen LogP contribution in [0.2, 0.25) is 0 Å². The lowest BCUT2D eigenvalue weighted by Crippen LogP contribution is -2.43. The molecule has 0 rings (SSSR count). The summed E-state index contributed by atoms with van der Waals surface area (Å²) in [6.45, 7) is 12.1. The van der Waals surface area contributed by atoms with Gasteiger partial charge in [-0.1, -0.05) is 54.4 Å². The Morgan fingerprint density at radius 1 is 0.909 bits per heavy atom. The number of hydrogen-bond donors (Lipinski definition) is 0. The molecule has 130 valence electrons. The first kappa shape index (κ1) is 20.9. The lowest BCUT2D eigenvalue weighted by molar-refractivity contribution is -0.177. The number of carbonyl (C=O) groups is 2. The first-order valence-corrected chi connectivity index (χ1v) is 8.76. The summed E-state index contributed by atoms with van der Waals surface area (Å²) in [6.07, 6.45) is 4.31. The van der Waals surface area contributed by atoms with Gasteiger partial charge < -0.3 is 9.47 Å². The van der Waals surface area contributed by atoms with Gasteiger partial charge in [0.2, 0.25) is 0 Å². The van der Waals surface area contributed by atoms with Crippen molar-refractivity contribution in [3.05, 3.63) is 0 Å². The Hall–Kier alpha value is -1.06. The van der Waals surface area contributed by atoms with Gasteiger partial charge in [-0.25, -0.2) is 0 Å². The van der Waals surface area contributed by atoms with E-state index in [9.17, 15) is 9.59 Å². The first-order valence-electron chi connectivity index (χ1n) is 8.76. The van der Waals surface area contributed by atoms with Gasteiger partial charge in [-0.15, -0.1) is 0 Å². The van der Waals surface area contributed by atoms with Crippen LogP contribution in [0.4, 0.5) is 0 Å². The van der Waals surface area contributed by atoms with Crippen LogP contribution in [0.25, 0.3) is 0 Å². The van der Waals surface area contributed by atoms with Gasteiger partial charge in [0.25, 0.3) is 0 Å². The molecule has 0 atom stereocenters. The van der Waals surface area contributed by atoms with E-state index in [0.29, 0.717) is 19.4 Å². The van der Waals surface area contributed by atoms with Crippen molar-refractivity contribution < 1.29 is 19.1 Å². The molecule has 4 heteroatoms. The summed E-state index contributed by atoms with van der Waals surface area (Å²) < 4.78 is 11.0. The van der Waals surface area contributed by atoms with E-state index in [-0.39, 0.29) is 12.0 Å². The SMILES string of the molecule is CCCC(CCC)OC(=O)C(CC)(CC)C(=O)OCC(C)C. The van der Waals surface area contributed by atoms with Gasteiger partial charge in [-0.3, -0.25) is 9.59 Å². The van der Waals surface area contributed by atoms with Crippen molar-refractivity contribution in [3.63, 3.8) is 0 Å². The standard InChI is InChI=1S/C18H34O4/c1-7-11-15(12-8-2)22-17(20)18(9-3,10-4)16(19)21-13-14(5)6/h14-15H,7-13H2,1-6H3. The van der Waals surface area contributed by atoms with Crippen LogP contribution < -0.4 is 0 Å². The average Bonchev–Trinajstić information content (AvgIpc) is 2.47. The molecule has 0 N–H and O–H groups in total. The molecule has 0 unspecified atom stereocenters. The summed E-state index contributed by atoms with van der Waals surface area (Å²) in [5.41, 5.74) is -1.16. The molecule has 0 bridgehead atoms. The molecule has 0 amide bonds. The van der Waals surface area contributed by atoms with Crippen LogP contribution in [0.15, 0.2) is 0 Å². The van der Waals surface area contributed by atoms with E-state index in [0.717, 1.165) is 25.7 Å². The van der Waals surface area contributed by atoms with E-state index in [1.165, 1.54) is 0 Å². The molecule has 0 aromatic carbocycles. The third kappa shape index (κ3) is 5.98. The van der Waals surface area contributed by atoms with Gasteiger partial charge >= 0.3 is 11.9 Å². The van der Waals surface area contributed by atoms with Gasteiger partial charge in [-0.05, 0) is 31.6 Å². The molecule has 4 nitrogen and oxygen atoms in total. The van der Waals surface area contributed by atoms with Crippen LogP contribution in [0, 0.1) is 11.3 Å². The van der Waals surface area contributed by atoms with Crippen LogP contribution >= 0.6 is 0 Å². The Kier molecular flexibility index (Phi) is 10.1. The van der Waals surface area contributed by atoms with E-state index in [1.807, 2.05) is 27.7 Å². The highest BCUT2D eigenvalue weighted by Crippen LogP contribution is 2.31. The van der Waals surface area contributed by atoms with Gasteiger partial charge in [0, 0.05) is 0 Å². The molecular weight excluding hydrogens is 280 g/mol. The highest BCUT2D eigenvalue weighted by molar-refractivity contribution is 6.00. The zero-order chi connectivity index (χ0) is 17.2. The fraction of sp³-hybridized carbons (Fsp3) is 0.889. The van der Waals surface area contributed by atoms with Crippen molar-refractivity contribution >= 4 is 11.9 Å². The molecule has 0 spiro atoms. The van der Waals surface area contributed by atoms with Crippen LogP contribution in [0.3, 0.4) is 0 Å². The summed E-state index contributed by atoms with van der Waals surface area (Å²) in [5, 5.41) is 0. The third-order valence-electron chi connectivity index (χ3n) is 4.03. The maximum atomic E-state index is 12.7. The van der Waals surface area contributed by atoms with Gasteiger partial charge in [0.15, 0.2) is 5.41 Å². The quantitative estimate of drug-likeness (QED) is 0.416. The van der Waals surface area contributed by atoms with Gasteiger partial charge in [-0.2, -0.15) is 0 Å². The second-order valence-corrected chi connectivity index (χ2v) is 6.39. The summed E-state index contributed by atoms with van der Waals surface area (Å²) >= 11 is 0. The fourth-order valence-electron chi connectivity index (χ4n) is 2.46. The molecule has 0 saturated carbocycles. The Morgan fingerprint density at radius 2 is 1.41 bits per heavy atom. The Balaban J connectivity index is 5.02. The molecule has 0 aliphatic heterocycles. The Bertz CT molecular complexity index is 326. The van der Waals surface area contributed by atoms with Crippen LogP contribution in [-0.2, 0) is 19.1 Å². The number of ether oxygens (including phenoxy) is 2. The molecular formula is C18H34O4. The second-order valence-electron chi connectivity index (χ2n) is 6.39. The van der Waals surface area contributed by atoms with Crippen LogP contribution in [0.5, 0.6) is 0 Å². The smallest absolute Gasteiger partial charge is 0.323 e. The topological polar surface area (TPSA) is 52.6 Å². The van der Waals surface area contributed by atoms with E-state index in [4.69, 9.17) is 9.47 Å². The number of hydrogen-bond acceptors (Lipinski definition) is 4. The molecule has 0 radical (unpaired) electrons. The number of rotatable bonds is 11. The molecule has 0 aliphatic rings. The number of esters is 2. The zero-order valence-corrected chi connectivity index (χ0v) is 15.2. The molecule has 0 saturated heterocycles. The van der Waals surface area contributed by atoms with E-state index < -0.39 is 17.4 Å². The van der Waals surface area contributed by atoms with Crippen molar-refractivity contribution in [2.24, 2.45) is 11.3 Å². The predicted molar refractivity (Wildman–Crippen MR) is 88.5 cm³/mol. The maximum absolute atomic E-state index is 12.7.